The topological polar surface area (TPSA) is 116 Å². The predicted molar refractivity (Wildman–Crippen MR) is 86.3 cm³/mol. The monoisotopic (exact) mass is 352 g/mol. The highest BCUT2D eigenvalue weighted by molar-refractivity contribution is 5.77. The SMILES string of the molecule is COC(=O)[C@H](N)c1ccc(F)cc1.N[C@@H](C(=O)O)c1ccc(F)cc1. The first-order chi connectivity index (χ1) is 11.8. The quantitative estimate of drug-likeness (QED) is 0.724. The predicted octanol–water partition coefficient (Wildman–Crippen LogP) is 1.91. The Morgan fingerprint density at radius 1 is 0.880 bits per heavy atom. The molecule has 25 heavy (non-hydrogen) atoms. The third-order valence-electron chi connectivity index (χ3n) is 3.18. The van der Waals surface area contributed by atoms with E-state index >= 15 is 0 Å². The molecule has 2 rings (SSSR count). The molecule has 5 N–H and O–H groups in total. The fourth-order valence-electron chi connectivity index (χ4n) is 1.75. The molecule has 2 aromatic rings. The van der Waals surface area contributed by atoms with Gasteiger partial charge in [-0.25, -0.2) is 8.78 Å². The first-order valence-corrected chi connectivity index (χ1v) is 7.09. The molecule has 0 aliphatic heterocycles. The summed E-state index contributed by atoms with van der Waals surface area (Å²) in [5.41, 5.74) is 11.7. The molecule has 0 radical (unpaired) electrons. The fourth-order valence-corrected chi connectivity index (χ4v) is 1.75. The molecule has 0 saturated heterocycles. The molecular formula is C17H18F2N2O4. The lowest BCUT2D eigenvalue weighted by Crippen LogP contribution is -2.22. The first-order valence-electron chi connectivity index (χ1n) is 7.09. The Bertz CT molecular complexity index is 706. The Morgan fingerprint density at radius 2 is 1.24 bits per heavy atom. The molecule has 0 unspecified atom stereocenters. The van der Waals surface area contributed by atoms with Gasteiger partial charge in [-0.15, -0.1) is 0 Å². The van der Waals surface area contributed by atoms with E-state index in [1.807, 2.05) is 0 Å². The van der Waals surface area contributed by atoms with E-state index in [0.29, 0.717) is 11.1 Å². The maximum Gasteiger partial charge on any atom is 0.327 e. The van der Waals surface area contributed by atoms with Crippen LogP contribution in [-0.4, -0.2) is 24.2 Å². The van der Waals surface area contributed by atoms with Crippen molar-refractivity contribution < 1.29 is 28.2 Å². The lowest BCUT2D eigenvalue weighted by Gasteiger charge is -2.08. The van der Waals surface area contributed by atoms with Crippen LogP contribution in [0.25, 0.3) is 0 Å². The number of carboxylic acid groups (broad SMARTS) is 1. The van der Waals surface area contributed by atoms with Crippen LogP contribution in [0, 0.1) is 11.6 Å². The first kappa shape index (κ1) is 20.2. The summed E-state index contributed by atoms with van der Waals surface area (Å²) < 4.78 is 29.3. The third-order valence-corrected chi connectivity index (χ3v) is 3.18. The van der Waals surface area contributed by atoms with Crippen LogP contribution in [0.5, 0.6) is 0 Å². The number of carbonyl (C=O) groups is 2. The number of hydrogen-bond acceptors (Lipinski definition) is 5. The third kappa shape index (κ3) is 6.28. The number of rotatable bonds is 4. The summed E-state index contributed by atoms with van der Waals surface area (Å²) in [4.78, 5) is 21.3. The molecule has 0 saturated carbocycles. The average molecular weight is 352 g/mol. The van der Waals surface area contributed by atoms with Gasteiger partial charge in [-0.05, 0) is 35.4 Å². The number of carboxylic acids is 1. The molecule has 0 bridgehead atoms. The van der Waals surface area contributed by atoms with Crippen molar-refractivity contribution in [2.75, 3.05) is 7.11 Å². The number of nitrogens with two attached hydrogens (primary N) is 2. The van der Waals surface area contributed by atoms with Crippen molar-refractivity contribution >= 4 is 11.9 Å². The van der Waals surface area contributed by atoms with Crippen molar-refractivity contribution in [2.24, 2.45) is 11.5 Å². The Balaban J connectivity index is 0.000000251. The minimum absolute atomic E-state index is 0.360. The number of esters is 1. The molecule has 2 atom stereocenters. The second-order valence-electron chi connectivity index (χ2n) is 4.92. The van der Waals surface area contributed by atoms with Crippen molar-refractivity contribution in [3.63, 3.8) is 0 Å². The second kappa shape index (κ2) is 9.45. The van der Waals surface area contributed by atoms with E-state index < -0.39 is 29.8 Å². The lowest BCUT2D eigenvalue weighted by molar-refractivity contribution is -0.142. The molecule has 6 nitrogen and oxygen atoms in total. The number of halogens is 2. The molecule has 0 amide bonds. The summed E-state index contributed by atoms with van der Waals surface area (Å²) in [6.45, 7) is 0. The van der Waals surface area contributed by atoms with Gasteiger partial charge in [0.25, 0.3) is 0 Å². The highest BCUT2D eigenvalue weighted by atomic mass is 19.1. The van der Waals surface area contributed by atoms with Gasteiger partial charge in [0.1, 0.15) is 23.7 Å². The molecule has 0 aromatic heterocycles. The van der Waals surface area contributed by atoms with Crippen molar-refractivity contribution in [1.82, 2.24) is 0 Å². The molecule has 2 aromatic carbocycles. The van der Waals surface area contributed by atoms with Crippen molar-refractivity contribution in [3.8, 4) is 0 Å². The van der Waals surface area contributed by atoms with E-state index in [-0.39, 0.29) is 5.82 Å². The summed E-state index contributed by atoms with van der Waals surface area (Å²) >= 11 is 0. The summed E-state index contributed by atoms with van der Waals surface area (Å²) in [5.74, 6) is -2.43. The summed E-state index contributed by atoms with van der Waals surface area (Å²) in [7, 11) is 1.26. The molecule has 8 heteroatoms. The van der Waals surface area contributed by atoms with Crippen LogP contribution < -0.4 is 11.5 Å². The Kier molecular flexibility index (Phi) is 7.64. The Hall–Kier alpha value is -2.84. The van der Waals surface area contributed by atoms with Crippen LogP contribution in [0.2, 0.25) is 0 Å². The van der Waals surface area contributed by atoms with Crippen molar-refractivity contribution in [3.05, 3.63) is 71.3 Å². The lowest BCUT2D eigenvalue weighted by atomic mass is 10.1. The van der Waals surface area contributed by atoms with Gasteiger partial charge in [-0.2, -0.15) is 0 Å². The molecule has 0 spiro atoms. The molecule has 0 aliphatic carbocycles. The largest absolute Gasteiger partial charge is 0.480 e. The van der Waals surface area contributed by atoms with Crippen LogP contribution in [-0.2, 0) is 14.3 Å². The minimum atomic E-state index is -1.12. The maximum atomic E-state index is 12.5. The number of carbonyl (C=O) groups excluding carboxylic acids is 1. The molecular weight excluding hydrogens is 334 g/mol. The number of ether oxygens (including phenoxy) is 1. The van der Waals surface area contributed by atoms with Gasteiger partial charge in [0.2, 0.25) is 0 Å². The second-order valence-corrected chi connectivity index (χ2v) is 4.92. The van der Waals surface area contributed by atoms with Gasteiger partial charge in [0, 0.05) is 0 Å². The molecule has 0 aliphatic rings. The summed E-state index contributed by atoms with van der Waals surface area (Å²) in [5, 5.41) is 8.49. The number of aliphatic carboxylic acids is 1. The van der Waals surface area contributed by atoms with E-state index in [4.69, 9.17) is 16.6 Å². The van der Waals surface area contributed by atoms with E-state index in [0.717, 1.165) is 0 Å². The van der Waals surface area contributed by atoms with Crippen LogP contribution in [0.4, 0.5) is 8.78 Å². The number of methoxy groups -OCH3 is 1. The Morgan fingerprint density at radius 3 is 1.56 bits per heavy atom. The number of hydrogen-bond donors (Lipinski definition) is 3. The molecule has 0 heterocycles. The minimum Gasteiger partial charge on any atom is -0.480 e. The highest BCUT2D eigenvalue weighted by Crippen LogP contribution is 2.12. The highest BCUT2D eigenvalue weighted by Gasteiger charge is 2.15. The van der Waals surface area contributed by atoms with Gasteiger partial charge < -0.3 is 21.3 Å². The van der Waals surface area contributed by atoms with Gasteiger partial charge in [-0.1, -0.05) is 24.3 Å². The van der Waals surface area contributed by atoms with Gasteiger partial charge >= 0.3 is 11.9 Å². The van der Waals surface area contributed by atoms with Crippen LogP contribution >= 0.6 is 0 Å². The molecule has 0 fully saturated rings. The van der Waals surface area contributed by atoms with Crippen LogP contribution in [0.15, 0.2) is 48.5 Å². The van der Waals surface area contributed by atoms with Crippen molar-refractivity contribution in [2.45, 2.75) is 12.1 Å². The molecule has 134 valence electrons. The zero-order valence-electron chi connectivity index (χ0n) is 13.4. The maximum absolute atomic E-state index is 12.5. The van der Waals surface area contributed by atoms with E-state index in [1.165, 1.54) is 55.6 Å². The standard InChI is InChI=1S/C9H10FNO2.C8H8FNO2/c1-13-9(12)8(11)6-2-4-7(10)5-3-6;9-6-3-1-5(2-4-6)7(10)8(11)12/h2-5,8H,11H2,1H3;1-4,7H,10H2,(H,11,12)/t8-;7-/m11/s1. The van der Waals surface area contributed by atoms with Crippen molar-refractivity contribution in [1.29, 1.82) is 0 Å². The summed E-state index contributed by atoms with van der Waals surface area (Å²) in [6.07, 6.45) is 0. The Labute approximate surface area is 143 Å². The van der Waals surface area contributed by atoms with Crippen LogP contribution in [0.1, 0.15) is 23.2 Å². The van der Waals surface area contributed by atoms with E-state index in [1.54, 1.807) is 0 Å². The smallest absolute Gasteiger partial charge is 0.327 e. The van der Waals surface area contributed by atoms with Gasteiger partial charge in [0.15, 0.2) is 0 Å². The summed E-state index contributed by atoms with van der Waals surface area (Å²) in [6, 6.07) is 8.55. The normalized spacial score (nSPS) is 12.4. The zero-order valence-corrected chi connectivity index (χ0v) is 13.4. The van der Waals surface area contributed by atoms with Gasteiger partial charge in [-0.3, -0.25) is 9.59 Å². The van der Waals surface area contributed by atoms with E-state index in [2.05, 4.69) is 4.74 Å². The van der Waals surface area contributed by atoms with Gasteiger partial charge in [0.05, 0.1) is 7.11 Å². The number of benzene rings is 2. The van der Waals surface area contributed by atoms with E-state index in [9.17, 15) is 18.4 Å². The fraction of sp³-hybridized carbons (Fsp3) is 0.176. The average Bonchev–Trinajstić information content (AvgIpc) is 2.61. The zero-order chi connectivity index (χ0) is 19.0. The van der Waals surface area contributed by atoms with Crippen LogP contribution in [0.3, 0.4) is 0 Å².